The molecular weight excluding hydrogens is 376 g/mol. The van der Waals surface area contributed by atoms with Crippen LogP contribution in [0.3, 0.4) is 0 Å². The maximum absolute atomic E-state index is 12.8. The minimum absolute atomic E-state index is 0.106. The Hall–Kier alpha value is -3.10. The molecule has 0 bridgehead atoms. The number of nitro benzene ring substituents is 1. The summed E-state index contributed by atoms with van der Waals surface area (Å²) in [5.41, 5.74) is 1.97. The van der Waals surface area contributed by atoms with Gasteiger partial charge in [-0.25, -0.2) is 0 Å². The van der Waals surface area contributed by atoms with E-state index in [1.54, 1.807) is 10.7 Å². The Kier molecular flexibility index (Phi) is 6.36. The van der Waals surface area contributed by atoms with Crippen molar-refractivity contribution in [2.24, 2.45) is 13.0 Å². The molecule has 0 saturated heterocycles. The van der Waals surface area contributed by atoms with Crippen molar-refractivity contribution >= 4 is 17.4 Å². The first-order chi connectivity index (χ1) is 13.8. The van der Waals surface area contributed by atoms with Crippen LogP contribution in [0.15, 0.2) is 24.4 Å². The molecule has 9 heteroatoms. The van der Waals surface area contributed by atoms with Crippen molar-refractivity contribution in [3.63, 3.8) is 0 Å². The number of unbranched alkanes of at least 4 members (excludes halogenated alkanes) is 2. The molecule has 0 saturated carbocycles. The van der Waals surface area contributed by atoms with E-state index in [1.807, 2.05) is 13.2 Å². The molecule has 154 valence electrons. The summed E-state index contributed by atoms with van der Waals surface area (Å²) in [7, 11) is 1.82. The summed E-state index contributed by atoms with van der Waals surface area (Å²) in [5, 5.41) is 18.9. The lowest BCUT2D eigenvalue weighted by Gasteiger charge is -2.22. The number of hydrogen-bond donors (Lipinski definition) is 0. The number of Topliss-reactive ketones (excluding diaryl/α,β-unsaturated/α-hetero) is 1. The number of rotatable bonds is 9. The second-order valence-electron chi connectivity index (χ2n) is 7.40. The SMILES string of the molecule is CC(=O)OC(CCCCCc1cn(C)nn1)C1Cc2ccc([N+](=O)[O-])cc2C1=O. The number of benzene rings is 1. The van der Waals surface area contributed by atoms with E-state index in [2.05, 4.69) is 10.3 Å². The Morgan fingerprint density at radius 1 is 1.38 bits per heavy atom. The van der Waals surface area contributed by atoms with Crippen LogP contribution in [0.25, 0.3) is 0 Å². The van der Waals surface area contributed by atoms with Crippen LogP contribution in [0.5, 0.6) is 0 Å². The third-order valence-corrected chi connectivity index (χ3v) is 5.18. The molecule has 0 N–H and O–H groups in total. The molecule has 2 aromatic rings. The fraction of sp³-hybridized carbons (Fsp3) is 0.500. The topological polar surface area (TPSA) is 117 Å². The first kappa shape index (κ1) is 20.6. The van der Waals surface area contributed by atoms with E-state index in [4.69, 9.17) is 4.74 Å². The number of carbonyl (C=O) groups is 2. The number of non-ortho nitro benzene ring substituents is 1. The number of nitrogens with zero attached hydrogens (tertiary/aromatic N) is 4. The normalized spacial score (nSPS) is 16.5. The summed E-state index contributed by atoms with van der Waals surface area (Å²) in [5.74, 6) is -1.10. The summed E-state index contributed by atoms with van der Waals surface area (Å²) in [4.78, 5) is 34.9. The van der Waals surface area contributed by atoms with Crippen molar-refractivity contribution in [1.29, 1.82) is 0 Å². The van der Waals surface area contributed by atoms with Crippen LogP contribution in [0.2, 0.25) is 0 Å². The van der Waals surface area contributed by atoms with Crippen molar-refractivity contribution in [3.05, 3.63) is 51.3 Å². The van der Waals surface area contributed by atoms with Crippen molar-refractivity contribution in [2.75, 3.05) is 0 Å². The molecular formula is C20H24N4O5. The summed E-state index contributed by atoms with van der Waals surface area (Å²) in [6.45, 7) is 1.33. The third kappa shape index (κ3) is 5.04. The fourth-order valence-electron chi connectivity index (χ4n) is 3.81. The second-order valence-corrected chi connectivity index (χ2v) is 7.40. The van der Waals surface area contributed by atoms with Gasteiger partial charge in [-0.2, -0.15) is 0 Å². The van der Waals surface area contributed by atoms with E-state index < -0.39 is 22.9 Å². The van der Waals surface area contributed by atoms with Crippen LogP contribution in [0.4, 0.5) is 5.69 Å². The van der Waals surface area contributed by atoms with Crippen molar-refractivity contribution in [1.82, 2.24) is 15.0 Å². The lowest BCUT2D eigenvalue weighted by atomic mass is 9.93. The Balaban J connectivity index is 1.59. The van der Waals surface area contributed by atoms with Gasteiger partial charge in [0.15, 0.2) is 5.78 Å². The lowest BCUT2D eigenvalue weighted by Crippen LogP contribution is -2.30. The molecule has 0 aliphatic heterocycles. The fourth-order valence-corrected chi connectivity index (χ4v) is 3.81. The molecule has 0 spiro atoms. The second kappa shape index (κ2) is 8.93. The highest BCUT2D eigenvalue weighted by molar-refractivity contribution is 6.03. The maximum Gasteiger partial charge on any atom is 0.302 e. The zero-order valence-electron chi connectivity index (χ0n) is 16.5. The van der Waals surface area contributed by atoms with E-state index in [-0.39, 0.29) is 11.5 Å². The summed E-state index contributed by atoms with van der Waals surface area (Å²) >= 11 is 0. The van der Waals surface area contributed by atoms with Crippen LogP contribution < -0.4 is 0 Å². The van der Waals surface area contributed by atoms with Gasteiger partial charge in [0.2, 0.25) is 0 Å². The predicted octanol–water partition coefficient (Wildman–Crippen LogP) is 2.81. The number of ether oxygens (including phenoxy) is 1. The third-order valence-electron chi connectivity index (χ3n) is 5.18. The quantitative estimate of drug-likeness (QED) is 0.275. The highest BCUT2D eigenvalue weighted by Gasteiger charge is 2.38. The standard InChI is InChI=1S/C20H24N4O5/c1-13(25)29-19(7-5-3-4-6-15-12-23(2)22-21-15)18-10-14-8-9-16(24(27)28)11-17(14)20(18)26/h8-9,11-12,18-19H,3-7,10H2,1-2H3. The van der Waals surface area contributed by atoms with Crippen LogP contribution in [0, 0.1) is 16.0 Å². The highest BCUT2D eigenvalue weighted by Crippen LogP contribution is 2.34. The Bertz CT molecular complexity index is 923. The average molecular weight is 400 g/mol. The van der Waals surface area contributed by atoms with Gasteiger partial charge < -0.3 is 4.74 Å². The van der Waals surface area contributed by atoms with Gasteiger partial charge in [0.1, 0.15) is 6.10 Å². The minimum atomic E-state index is -0.525. The first-order valence-corrected chi connectivity index (χ1v) is 9.69. The van der Waals surface area contributed by atoms with Crippen LogP contribution >= 0.6 is 0 Å². The van der Waals surface area contributed by atoms with E-state index in [1.165, 1.54) is 19.1 Å². The summed E-state index contributed by atoms with van der Waals surface area (Å²) < 4.78 is 7.13. The zero-order valence-corrected chi connectivity index (χ0v) is 16.5. The van der Waals surface area contributed by atoms with Gasteiger partial charge in [0.05, 0.1) is 16.5 Å². The van der Waals surface area contributed by atoms with Crippen molar-refractivity contribution in [2.45, 2.75) is 51.6 Å². The number of nitro groups is 1. The molecule has 29 heavy (non-hydrogen) atoms. The number of hydrogen-bond acceptors (Lipinski definition) is 7. The summed E-state index contributed by atoms with van der Waals surface area (Å²) in [6.07, 6.45) is 5.83. The molecule has 0 fully saturated rings. The Labute approximate surface area is 168 Å². The molecule has 2 atom stereocenters. The van der Waals surface area contributed by atoms with Gasteiger partial charge in [-0.1, -0.05) is 17.7 Å². The van der Waals surface area contributed by atoms with E-state index in [0.717, 1.165) is 36.9 Å². The molecule has 1 aromatic carbocycles. The lowest BCUT2D eigenvalue weighted by molar-refractivity contribution is -0.384. The van der Waals surface area contributed by atoms with Crippen molar-refractivity contribution < 1.29 is 19.2 Å². The van der Waals surface area contributed by atoms with Gasteiger partial charge in [0.25, 0.3) is 5.69 Å². The van der Waals surface area contributed by atoms with Gasteiger partial charge in [0, 0.05) is 37.9 Å². The molecule has 0 radical (unpaired) electrons. The number of fused-ring (bicyclic) bond motifs is 1. The molecule has 1 aliphatic carbocycles. The average Bonchev–Trinajstić information content (AvgIpc) is 3.23. The van der Waals surface area contributed by atoms with Gasteiger partial charge in [-0.05, 0) is 37.7 Å². The summed E-state index contributed by atoms with van der Waals surface area (Å²) in [6, 6.07) is 4.35. The monoisotopic (exact) mass is 400 g/mol. The number of carbonyl (C=O) groups excluding carboxylic acids is 2. The predicted molar refractivity (Wildman–Crippen MR) is 103 cm³/mol. The van der Waals surface area contributed by atoms with E-state index in [0.29, 0.717) is 18.4 Å². The zero-order chi connectivity index (χ0) is 21.0. The van der Waals surface area contributed by atoms with Crippen LogP contribution in [-0.2, 0) is 29.4 Å². The first-order valence-electron chi connectivity index (χ1n) is 9.69. The van der Waals surface area contributed by atoms with Crippen LogP contribution in [-0.4, -0.2) is 37.8 Å². The van der Waals surface area contributed by atoms with Crippen molar-refractivity contribution in [3.8, 4) is 0 Å². The number of esters is 1. The van der Waals surface area contributed by atoms with Gasteiger partial charge in [-0.15, -0.1) is 5.10 Å². The smallest absolute Gasteiger partial charge is 0.302 e. The molecule has 2 unspecified atom stereocenters. The van der Waals surface area contributed by atoms with Crippen LogP contribution in [0.1, 0.15) is 54.2 Å². The highest BCUT2D eigenvalue weighted by atomic mass is 16.6. The number of aryl methyl sites for hydroxylation is 2. The van der Waals surface area contributed by atoms with E-state index in [9.17, 15) is 19.7 Å². The largest absolute Gasteiger partial charge is 0.462 e. The maximum atomic E-state index is 12.8. The Morgan fingerprint density at radius 2 is 2.17 bits per heavy atom. The van der Waals surface area contributed by atoms with Gasteiger partial charge in [-0.3, -0.25) is 24.4 Å². The molecule has 9 nitrogen and oxygen atoms in total. The molecule has 1 heterocycles. The Morgan fingerprint density at radius 3 is 2.83 bits per heavy atom. The molecule has 0 amide bonds. The number of aromatic nitrogens is 3. The molecule has 1 aromatic heterocycles. The van der Waals surface area contributed by atoms with Gasteiger partial charge >= 0.3 is 5.97 Å². The number of ketones is 1. The molecule has 3 rings (SSSR count). The molecule has 1 aliphatic rings. The minimum Gasteiger partial charge on any atom is -0.462 e. The van der Waals surface area contributed by atoms with E-state index >= 15 is 0 Å².